The Labute approximate surface area is 163 Å². The molecule has 0 fully saturated rings. The standard InChI is InChI=1S/C20H23N5O3/c1-11-8-12(2)10-14(9-11)19-23-18(24-25(19)4)13(3)22-20(27)16-17(26)15(28-5)6-7-21-16/h6-10,13,26H,1-5H3,(H,22,27)/t13-/m0/s1. The van der Waals surface area contributed by atoms with Gasteiger partial charge in [-0.15, -0.1) is 0 Å². The van der Waals surface area contributed by atoms with Crippen molar-refractivity contribution in [2.75, 3.05) is 7.11 Å². The molecule has 1 atom stereocenters. The Bertz CT molecular complexity index is 1010. The number of aryl methyl sites for hydroxylation is 3. The van der Waals surface area contributed by atoms with Crippen LogP contribution >= 0.6 is 0 Å². The minimum absolute atomic E-state index is 0.114. The third-order valence-electron chi connectivity index (χ3n) is 4.32. The number of rotatable bonds is 5. The van der Waals surface area contributed by atoms with Crippen molar-refractivity contribution in [3.8, 4) is 22.9 Å². The number of carbonyl (C=O) groups excluding carboxylic acids is 1. The van der Waals surface area contributed by atoms with E-state index in [0.717, 1.165) is 16.7 Å². The Balaban J connectivity index is 1.84. The van der Waals surface area contributed by atoms with E-state index >= 15 is 0 Å². The highest BCUT2D eigenvalue weighted by Gasteiger charge is 2.22. The van der Waals surface area contributed by atoms with Crippen molar-refractivity contribution in [1.82, 2.24) is 25.1 Å². The van der Waals surface area contributed by atoms with Crippen LogP contribution in [0.4, 0.5) is 0 Å². The second-order valence-corrected chi connectivity index (χ2v) is 6.70. The summed E-state index contributed by atoms with van der Waals surface area (Å²) in [5.41, 5.74) is 3.13. The molecule has 8 heteroatoms. The molecule has 0 unspecified atom stereocenters. The number of ether oxygens (including phenoxy) is 1. The van der Waals surface area contributed by atoms with Gasteiger partial charge in [-0.3, -0.25) is 4.79 Å². The number of methoxy groups -OCH3 is 1. The highest BCUT2D eigenvalue weighted by atomic mass is 16.5. The quantitative estimate of drug-likeness (QED) is 0.704. The molecule has 146 valence electrons. The summed E-state index contributed by atoms with van der Waals surface area (Å²) in [6, 6.07) is 7.18. The molecule has 2 N–H and O–H groups in total. The number of benzene rings is 1. The van der Waals surface area contributed by atoms with Crippen molar-refractivity contribution < 1.29 is 14.6 Å². The van der Waals surface area contributed by atoms with E-state index < -0.39 is 11.9 Å². The first-order valence-electron chi connectivity index (χ1n) is 8.82. The number of amides is 1. The van der Waals surface area contributed by atoms with E-state index in [1.807, 2.05) is 33.0 Å². The number of hydrogen-bond acceptors (Lipinski definition) is 6. The maximum atomic E-state index is 12.5. The smallest absolute Gasteiger partial charge is 0.274 e. The normalized spacial score (nSPS) is 11.9. The molecule has 0 aliphatic rings. The molecule has 0 spiro atoms. The predicted octanol–water partition coefficient (Wildman–Crippen LogP) is 2.70. The summed E-state index contributed by atoms with van der Waals surface area (Å²) >= 11 is 0. The molecular weight excluding hydrogens is 358 g/mol. The average Bonchev–Trinajstić information content (AvgIpc) is 3.03. The van der Waals surface area contributed by atoms with Crippen LogP contribution in [0.15, 0.2) is 30.5 Å². The van der Waals surface area contributed by atoms with Crippen molar-refractivity contribution in [2.45, 2.75) is 26.8 Å². The van der Waals surface area contributed by atoms with Gasteiger partial charge >= 0.3 is 0 Å². The lowest BCUT2D eigenvalue weighted by Crippen LogP contribution is -2.28. The largest absolute Gasteiger partial charge is 0.503 e. The van der Waals surface area contributed by atoms with Gasteiger partial charge in [-0.2, -0.15) is 5.10 Å². The molecule has 0 saturated heterocycles. The van der Waals surface area contributed by atoms with Gasteiger partial charge in [-0.05, 0) is 32.9 Å². The Hall–Kier alpha value is -3.42. The van der Waals surface area contributed by atoms with Crippen LogP contribution in [0.25, 0.3) is 11.4 Å². The van der Waals surface area contributed by atoms with Crippen molar-refractivity contribution in [1.29, 1.82) is 0 Å². The van der Waals surface area contributed by atoms with Gasteiger partial charge in [0.05, 0.1) is 13.2 Å². The molecule has 1 amide bonds. The van der Waals surface area contributed by atoms with Crippen LogP contribution < -0.4 is 10.1 Å². The Morgan fingerprint density at radius 1 is 1.25 bits per heavy atom. The van der Waals surface area contributed by atoms with Crippen LogP contribution in [-0.4, -0.2) is 37.9 Å². The van der Waals surface area contributed by atoms with Crippen LogP contribution in [0.3, 0.4) is 0 Å². The summed E-state index contributed by atoms with van der Waals surface area (Å²) in [5, 5.41) is 17.3. The summed E-state index contributed by atoms with van der Waals surface area (Å²) in [7, 11) is 3.22. The molecule has 0 aliphatic heterocycles. The van der Waals surface area contributed by atoms with Crippen molar-refractivity contribution in [2.24, 2.45) is 7.05 Å². The van der Waals surface area contributed by atoms with Crippen molar-refractivity contribution >= 4 is 5.91 Å². The number of carbonyl (C=O) groups is 1. The summed E-state index contributed by atoms with van der Waals surface area (Å²) in [5.74, 6) is 0.516. The van der Waals surface area contributed by atoms with Gasteiger partial charge in [0.15, 0.2) is 28.8 Å². The first-order chi connectivity index (χ1) is 13.3. The van der Waals surface area contributed by atoms with Crippen LogP contribution in [0.1, 0.15) is 40.4 Å². The molecule has 2 heterocycles. The number of nitrogens with zero attached hydrogens (tertiary/aromatic N) is 4. The fourth-order valence-electron chi connectivity index (χ4n) is 3.04. The van der Waals surface area contributed by atoms with Crippen LogP contribution in [0, 0.1) is 13.8 Å². The molecule has 0 bridgehead atoms. The zero-order valence-electron chi connectivity index (χ0n) is 16.5. The van der Waals surface area contributed by atoms with E-state index in [1.165, 1.54) is 19.4 Å². The van der Waals surface area contributed by atoms with E-state index in [0.29, 0.717) is 11.6 Å². The second kappa shape index (κ2) is 7.67. The van der Waals surface area contributed by atoms with E-state index in [1.54, 1.807) is 11.6 Å². The highest BCUT2D eigenvalue weighted by Crippen LogP contribution is 2.28. The average molecular weight is 381 g/mol. The fourth-order valence-corrected chi connectivity index (χ4v) is 3.04. The van der Waals surface area contributed by atoms with E-state index in [-0.39, 0.29) is 17.2 Å². The van der Waals surface area contributed by atoms with Gasteiger partial charge < -0.3 is 15.2 Å². The maximum Gasteiger partial charge on any atom is 0.274 e. The Morgan fingerprint density at radius 3 is 2.57 bits per heavy atom. The maximum absolute atomic E-state index is 12.5. The summed E-state index contributed by atoms with van der Waals surface area (Å²) < 4.78 is 6.70. The predicted molar refractivity (Wildman–Crippen MR) is 104 cm³/mol. The van der Waals surface area contributed by atoms with Crippen LogP contribution in [-0.2, 0) is 7.05 Å². The van der Waals surface area contributed by atoms with Gasteiger partial charge in [0, 0.05) is 24.9 Å². The second-order valence-electron chi connectivity index (χ2n) is 6.70. The van der Waals surface area contributed by atoms with Gasteiger partial charge in [-0.25, -0.2) is 14.6 Å². The van der Waals surface area contributed by atoms with Gasteiger partial charge in [0.25, 0.3) is 5.91 Å². The number of nitrogens with one attached hydrogen (secondary N) is 1. The minimum Gasteiger partial charge on any atom is -0.503 e. The first-order valence-corrected chi connectivity index (χ1v) is 8.82. The molecule has 2 aromatic heterocycles. The molecule has 28 heavy (non-hydrogen) atoms. The lowest BCUT2D eigenvalue weighted by atomic mass is 10.1. The third-order valence-corrected chi connectivity index (χ3v) is 4.32. The fraction of sp³-hybridized carbons (Fsp3) is 0.300. The van der Waals surface area contributed by atoms with Gasteiger partial charge in [0.2, 0.25) is 0 Å². The Morgan fingerprint density at radius 2 is 1.93 bits per heavy atom. The summed E-state index contributed by atoms with van der Waals surface area (Å²) in [4.78, 5) is 21.0. The molecule has 0 aliphatic carbocycles. The van der Waals surface area contributed by atoms with Crippen molar-refractivity contribution in [3.63, 3.8) is 0 Å². The lowest BCUT2D eigenvalue weighted by molar-refractivity contribution is 0.0929. The van der Waals surface area contributed by atoms with Crippen LogP contribution in [0.2, 0.25) is 0 Å². The van der Waals surface area contributed by atoms with Crippen molar-refractivity contribution in [3.05, 3.63) is 53.1 Å². The van der Waals surface area contributed by atoms with E-state index in [4.69, 9.17) is 4.74 Å². The highest BCUT2D eigenvalue weighted by molar-refractivity contribution is 5.95. The molecule has 0 radical (unpaired) electrons. The first kappa shape index (κ1) is 19.3. The van der Waals surface area contributed by atoms with Gasteiger partial charge in [0.1, 0.15) is 0 Å². The lowest BCUT2D eigenvalue weighted by Gasteiger charge is -2.12. The molecule has 8 nitrogen and oxygen atoms in total. The molecule has 3 aromatic rings. The number of aromatic hydroxyl groups is 1. The monoisotopic (exact) mass is 381 g/mol. The summed E-state index contributed by atoms with van der Waals surface area (Å²) in [6.07, 6.45) is 1.40. The number of hydrogen-bond donors (Lipinski definition) is 2. The SMILES string of the molecule is COc1ccnc(C(=O)N[C@@H](C)c2nc(-c3cc(C)cc(C)c3)n(C)n2)c1O. The van der Waals surface area contributed by atoms with Crippen LogP contribution in [0.5, 0.6) is 11.5 Å². The zero-order valence-corrected chi connectivity index (χ0v) is 16.5. The van der Waals surface area contributed by atoms with E-state index in [2.05, 4.69) is 26.4 Å². The molecular formula is C20H23N5O3. The topological polar surface area (TPSA) is 102 Å². The number of aromatic nitrogens is 4. The minimum atomic E-state index is -0.538. The summed E-state index contributed by atoms with van der Waals surface area (Å²) in [6.45, 7) is 5.84. The Kier molecular flexibility index (Phi) is 5.30. The molecule has 0 saturated carbocycles. The van der Waals surface area contributed by atoms with E-state index in [9.17, 15) is 9.90 Å². The molecule has 1 aromatic carbocycles. The zero-order chi connectivity index (χ0) is 20.4. The third kappa shape index (κ3) is 3.80. The number of pyridine rings is 1. The molecule has 3 rings (SSSR count). The van der Waals surface area contributed by atoms with Gasteiger partial charge in [-0.1, -0.05) is 17.2 Å².